The molecule has 0 saturated heterocycles. The van der Waals surface area contributed by atoms with Crippen molar-refractivity contribution in [3.8, 4) is 10.4 Å². The van der Waals surface area contributed by atoms with E-state index in [0.717, 1.165) is 21.8 Å². The molecule has 1 aromatic heterocycles. The fourth-order valence-corrected chi connectivity index (χ4v) is 4.06. The lowest BCUT2D eigenvalue weighted by Crippen LogP contribution is -2.21. The molecular weight excluding hydrogens is 337 g/mol. The van der Waals surface area contributed by atoms with Crippen LogP contribution in [0.4, 0.5) is 4.39 Å². The van der Waals surface area contributed by atoms with Crippen LogP contribution >= 0.6 is 27.3 Å². The van der Waals surface area contributed by atoms with Crippen LogP contribution in [0.1, 0.15) is 30.7 Å². The zero-order chi connectivity index (χ0) is 14.1. The van der Waals surface area contributed by atoms with Crippen molar-refractivity contribution in [1.29, 1.82) is 0 Å². The summed E-state index contributed by atoms with van der Waals surface area (Å²) in [6, 6.07) is 9.72. The van der Waals surface area contributed by atoms with Gasteiger partial charge in [0.2, 0.25) is 0 Å². The summed E-state index contributed by atoms with van der Waals surface area (Å²) in [5.74, 6) is 0.599. The molecule has 0 amide bonds. The van der Waals surface area contributed by atoms with Crippen LogP contribution in [0.3, 0.4) is 0 Å². The molecule has 20 heavy (non-hydrogen) atoms. The molecule has 1 saturated carbocycles. The molecule has 4 heteroatoms. The molecule has 1 unspecified atom stereocenters. The fourth-order valence-electron chi connectivity index (χ4n) is 2.50. The van der Waals surface area contributed by atoms with E-state index in [1.165, 1.54) is 23.8 Å². The maximum Gasteiger partial charge on any atom is 0.131 e. The minimum absolute atomic E-state index is 0.159. The van der Waals surface area contributed by atoms with E-state index in [0.29, 0.717) is 11.6 Å². The van der Waals surface area contributed by atoms with Gasteiger partial charge in [0, 0.05) is 25.8 Å². The van der Waals surface area contributed by atoms with Gasteiger partial charge in [-0.2, -0.15) is 0 Å². The highest BCUT2D eigenvalue weighted by molar-refractivity contribution is 9.10. The molecule has 1 aliphatic carbocycles. The summed E-state index contributed by atoms with van der Waals surface area (Å²) >= 11 is 5.11. The third kappa shape index (κ3) is 2.97. The lowest BCUT2D eigenvalue weighted by atomic mass is 10.1. The lowest BCUT2D eigenvalue weighted by molar-refractivity contribution is 0.504. The Morgan fingerprint density at radius 3 is 2.85 bits per heavy atom. The predicted molar refractivity (Wildman–Crippen MR) is 86.6 cm³/mol. The van der Waals surface area contributed by atoms with Gasteiger partial charge in [0.1, 0.15) is 5.82 Å². The second kappa shape index (κ2) is 5.96. The molecule has 1 aromatic carbocycles. The van der Waals surface area contributed by atoms with E-state index in [-0.39, 0.29) is 5.82 Å². The summed E-state index contributed by atoms with van der Waals surface area (Å²) in [7, 11) is 0. The highest BCUT2D eigenvalue weighted by atomic mass is 79.9. The van der Waals surface area contributed by atoms with Gasteiger partial charge in [-0.1, -0.05) is 22.9 Å². The number of hydrogen-bond acceptors (Lipinski definition) is 2. The first-order chi connectivity index (χ1) is 9.69. The molecule has 0 spiro atoms. The first-order valence-corrected chi connectivity index (χ1v) is 8.58. The van der Waals surface area contributed by atoms with Crippen molar-refractivity contribution in [2.24, 2.45) is 5.92 Å². The van der Waals surface area contributed by atoms with Gasteiger partial charge in [-0.3, -0.25) is 0 Å². The largest absolute Gasteiger partial charge is 0.309 e. The van der Waals surface area contributed by atoms with Crippen molar-refractivity contribution in [1.82, 2.24) is 5.32 Å². The average Bonchev–Trinajstić information content (AvgIpc) is 3.16. The van der Waals surface area contributed by atoms with Crippen molar-refractivity contribution in [2.75, 3.05) is 6.54 Å². The van der Waals surface area contributed by atoms with Gasteiger partial charge in [0.25, 0.3) is 0 Å². The Kier molecular flexibility index (Phi) is 4.24. The van der Waals surface area contributed by atoms with Gasteiger partial charge in [-0.25, -0.2) is 4.39 Å². The molecule has 1 fully saturated rings. The highest BCUT2D eigenvalue weighted by Gasteiger charge is 2.32. The Morgan fingerprint density at radius 2 is 2.15 bits per heavy atom. The van der Waals surface area contributed by atoms with Crippen LogP contribution in [0.25, 0.3) is 10.4 Å². The molecular formula is C16H17BrFNS. The summed E-state index contributed by atoms with van der Waals surface area (Å²) in [6.07, 6.45) is 2.60. The van der Waals surface area contributed by atoms with Gasteiger partial charge in [-0.15, -0.1) is 11.3 Å². The van der Waals surface area contributed by atoms with Crippen LogP contribution in [-0.2, 0) is 0 Å². The molecule has 1 N–H and O–H groups in total. The maximum absolute atomic E-state index is 14.0. The molecule has 1 heterocycles. The number of nitrogens with one attached hydrogen (secondary N) is 1. The number of halogens is 2. The average molecular weight is 354 g/mol. The molecule has 0 radical (unpaired) electrons. The van der Waals surface area contributed by atoms with Crippen LogP contribution in [0.2, 0.25) is 0 Å². The Morgan fingerprint density at radius 1 is 1.35 bits per heavy atom. The summed E-state index contributed by atoms with van der Waals surface area (Å²) in [4.78, 5) is 2.33. The summed E-state index contributed by atoms with van der Waals surface area (Å²) < 4.78 is 14.9. The van der Waals surface area contributed by atoms with Crippen molar-refractivity contribution in [3.63, 3.8) is 0 Å². The first-order valence-electron chi connectivity index (χ1n) is 6.97. The molecule has 0 aliphatic heterocycles. The lowest BCUT2D eigenvalue weighted by Gasteiger charge is -2.15. The Balaban J connectivity index is 1.90. The SMILES string of the molecule is CCNC(c1ccc(-c2cc(Br)ccc2F)s1)C1CC1. The standard InChI is InChI=1S/C16H17BrFNS/c1-2-19-16(10-3-4-10)15-8-7-14(20-15)12-9-11(17)5-6-13(12)18/h5-10,16,19H,2-4H2,1H3. The predicted octanol–water partition coefficient (Wildman–Crippen LogP) is 5.38. The van der Waals surface area contributed by atoms with Crippen LogP contribution in [0.5, 0.6) is 0 Å². The minimum atomic E-state index is -0.159. The van der Waals surface area contributed by atoms with Crippen molar-refractivity contribution in [2.45, 2.75) is 25.8 Å². The third-order valence-electron chi connectivity index (χ3n) is 3.64. The van der Waals surface area contributed by atoms with Crippen molar-refractivity contribution in [3.05, 3.63) is 45.5 Å². The van der Waals surface area contributed by atoms with Gasteiger partial charge >= 0.3 is 0 Å². The summed E-state index contributed by atoms with van der Waals surface area (Å²) in [6.45, 7) is 3.11. The smallest absolute Gasteiger partial charge is 0.131 e. The van der Waals surface area contributed by atoms with E-state index in [4.69, 9.17) is 0 Å². The molecule has 1 nitrogen and oxygen atoms in total. The van der Waals surface area contributed by atoms with Gasteiger partial charge < -0.3 is 5.32 Å². The monoisotopic (exact) mass is 353 g/mol. The van der Waals surface area contributed by atoms with Crippen LogP contribution < -0.4 is 5.32 Å². The summed E-state index contributed by atoms with van der Waals surface area (Å²) in [5, 5.41) is 3.56. The molecule has 3 rings (SSSR count). The number of rotatable bonds is 5. The minimum Gasteiger partial charge on any atom is -0.309 e. The Hall–Kier alpha value is -0.710. The zero-order valence-electron chi connectivity index (χ0n) is 11.3. The fraction of sp³-hybridized carbons (Fsp3) is 0.375. The Bertz CT molecular complexity index is 606. The van der Waals surface area contributed by atoms with Crippen molar-refractivity contribution >= 4 is 27.3 Å². The number of thiophene rings is 1. The third-order valence-corrected chi connectivity index (χ3v) is 5.34. The van der Waals surface area contributed by atoms with Crippen LogP contribution in [-0.4, -0.2) is 6.54 Å². The van der Waals surface area contributed by atoms with E-state index in [2.05, 4.69) is 34.2 Å². The first kappa shape index (κ1) is 14.2. The molecule has 1 aliphatic rings. The van der Waals surface area contributed by atoms with E-state index in [1.54, 1.807) is 17.4 Å². The van der Waals surface area contributed by atoms with E-state index < -0.39 is 0 Å². The highest BCUT2D eigenvalue weighted by Crippen LogP contribution is 2.44. The normalized spacial score (nSPS) is 16.4. The Labute approximate surface area is 131 Å². The zero-order valence-corrected chi connectivity index (χ0v) is 13.7. The molecule has 0 bridgehead atoms. The van der Waals surface area contributed by atoms with Crippen LogP contribution in [0, 0.1) is 11.7 Å². The topological polar surface area (TPSA) is 12.0 Å². The number of benzene rings is 1. The van der Waals surface area contributed by atoms with Gasteiger partial charge in [0.15, 0.2) is 0 Å². The molecule has 106 valence electrons. The van der Waals surface area contributed by atoms with Crippen molar-refractivity contribution < 1.29 is 4.39 Å². The van der Waals surface area contributed by atoms with E-state index in [1.807, 2.05) is 12.1 Å². The maximum atomic E-state index is 14.0. The van der Waals surface area contributed by atoms with Crippen LogP contribution in [0.15, 0.2) is 34.8 Å². The van der Waals surface area contributed by atoms with E-state index in [9.17, 15) is 4.39 Å². The van der Waals surface area contributed by atoms with Gasteiger partial charge in [0.05, 0.1) is 0 Å². The molecule has 1 atom stereocenters. The quantitative estimate of drug-likeness (QED) is 0.760. The summed E-state index contributed by atoms with van der Waals surface area (Å²) in [5.41, 5.74) is 0.682. The van der Waals surface area contributed by atoms with E-state index >= 15 is 0 Å². The number of hydrogen-bond donors (Lipinski definition) is 1. The molecule has 2 aromatic rings. The van der Waals surface area contributed by atoms with Gasteiger partial charge in [-0.05, 0) is 55.6 Å². The second-order valence-corrected chi connectivity index (χ2v) is 7.23. The second-order valence-electron chi connectivity index (χ2n) is 5.20.